The van der Waals surface area contributed by atoms with Crippen LogP contribution in [0.3, 0.4) is 0 Å². The summed E-state index contributed by atoms with van der Waals surface area (Å²) in [5, 5.41) is 3.92. The summed E-state index contributed by atoms with van der Waals surface area (Å²) in [4.78, 5) is 12.1. The van der Waals surface area contributed by atoms with Crippen molar-refractivity contribution in [2.75, 3.05) is 0 Å². The Morgan fingerprint density at radius 3 is 2.47 bits per heavy atom. The first-order valence-electron chi connectivity index (χ1n) is 6.08. The summed E-state index contributed by atoms with van der Waals surface area (Å²) in [5.74, 6) is -0.164. The normalized spacial score (nSPS) is 22.5. The highest BCUT2D eigenvalue weighted by Gasteiger charge is 2.21. The van der Waals surface area contributed by atoms with Crippen molar-refractivity contribution in [3.63, 3.8) is 0 Å². The fourth-order valence-electron chi connectivity index (χ4n) is 2.20. The van der Waals surface area contributed by atoms with Gasteiger partial charge in [-0.2, -0.15) is 0 Å². The van der Waals surface area contributed by atoms with Crippen LogP contribution in [0.5, 0.6) is 0 Å². The maximum Gasteiger partial charge on any atom is 0.253 e. The van der Waals surface area contributed by atoms with E-state index >= 15 is 0 Å². The number of nitrogens with two attached hydrogens (primary N) is 1. The average molecular weight is 324 g/mol. The van der Waals surface area contributed by atoms with Crippen LogP contribution in [0.15, 0.2) is 18.2 Å². The SMILES string of the molecule is Cl.NC1CCC(NC(=O)c2cc(Cl)ccc2Cl)CC1. The van der Waals surface area contributed by atoms with E-state index in [4.69, 9.17) is 28.9 Å². The van der Waals surface area contributed by atoms with Crippen LogP contribution < -0.4 is 11.1 Å². The van der Waals surface area contributed by atoms with Crippen LogP contribution in [0.25, 0.3) is 0 Å². The molecule has 1 amide bonds. The number of hydrogen-bond acceptors (Lipinski definition) is 2. The molecule has 0 heterocycles. The van der Waals surface area contributed by atoms with Crippen LogP contribution >= 0.6 is 35.6 Å². The third-order valence-corrected chi connectivity index (χ3v) is 3.84. The molecule has 3 N–H and O–H groups in total. The Kier molecular flexibility index (Phi) is 6.40. The minimum absolute atomic E-state index is 0. The average Bonchev–Trinajstić information content (AvgIpc) is 2.35. The van der Waals surface area contributed by atoms with Crippen molar-refractivity contribution in [1.82, 2.24) is 5.32 Å². The molecule has 1 saturated carbocycles. The van der Waals surface area contributed by atoms with Gasteiger partial charge in [0.25, 0.3) is 5.91 Å². The van der Waals surface area contributed by atoms with E-state index in [1.807, 2.05) is 0 Å². The van der Waals surface area contributed by atoms with Gasteiger partial charge in [-0.15, -0.1) is 12.4 Å². The standard InChI is InChI=1S/C13H16Cl2N2O.ClH/c14-8-1-6-12(15)11(7-8)13(18)17-10-4-2-9(16)3-5-10;/h1,6-7,9-10H,2-5,16H2,(H,17,18);1H. The summed E-state index contributed by atoms with van der Waals surface area (Å²) < 4.78 is 0. The molecule has 0 bridgehead atoms. The van der Waals surface area contributed by atoms with Gasteiger partial charge >= 0.3 is 0 Å². The van der Waals surface area contributed by atoms with Gasteiger partial charge in [-0.3, -0.25) is 4.79 Å². The Morgan fingerprint density at radius 2 is 1.84 bits per heavy atom. The van der Waals surface area contributed by atoms with Gasteiger partial charge in [0.15, 0.2) is 0 Å². The lowest BCUT2D eigenvalue weighted by Gasteiger charge is -2.26. The molecular formula is C13H17Cl3N2O. The molecule has 2 rings (SSSR count). The molecule has 3 nitrogen and oxygen atoms in total. The topological polar surface area (TPSA) is 55.1 Å². The van der Waals surface area contributed by atoms with Crippen LogP contribution in [0, 0.1) is 0 Å². The number of benzene rings is 1. The Hall–Kier alpha value is -0.480. The van der Waals surface area contributed by atoms with Gasteiger partial charge in [-0.05, 0) is 43.9 Å². The van der Waals surface area contributed by atoms with Crippen molar-refractivity contribution in [2.45, 2.75) is 37.8 Å². The second-order valence-corrected chi connectivity index (χ2v) is 5.55. The van der Waals surface area contributed by atoms with Gasteiger partial charge in [0.05, 0.1) is 10.6 Å². The Labute approximate surface area is 129 Å². The maximum absolute atomic E-state index is 12.1. The van der Waals surface area contributed by atoms with E-state index in [-0.39, 0.29) is 30.4 Å². The molecule has 1 aromatic rings. The molecule has 0 saturated heterocycles. The van der Waals surface area contributed by atoms with Crippen molar-refractivity contribution < 1.29 is 4.79 Å². The van der Waals surface area contributed by atoms with E-state index in [1.54, 1.807) is 18.2 Å². The zero-order valence-electron chi connectivity index (χ0n) is 10.4. The fraction of sp³-hybridized carbons (Fsp3) is 0.462. The van der Waals surface area contributed by atoms with Gasteiger partial charge in [0.2, 0.25) is 0 Å². The highest BCUT2D eigenvalue weighted by Crippen LogP contribution is 2.22. The molecule has 106 valence electrons. The molecule has 0 aromatic heterocycles. The zero-order valence-corrected chi connectivity index (χ0v) is 12.7. The van der Waals surface area contributed by atoms with E-state index in [2.05, 4.69) is 5.32 Å². The molecule has 0 radical (unpaired) electrons. The van der Waals surface area contributed by atoms with Crippen LogP contribution in [0.2, 0.25) is 10.0 Å². The quantitative estimate of drug-likeness (QED) is 0.876. The second-order valence-electron chi connectivity index (χ2n) is 4.71. The van der Waals surface area contributed by atoms with E-state index in [1.165, 1.54) is 0 Å². The van der Waals surface area contributed by atoms with E-state index in [9.17, 15) is 4.79 Å². The molecule has 1 aliphatic carbocycles. The van der Waals surface area contributed by atoms with Gasteiger partial charge < -0.3 is 11.1 Å². The first kappa shape index (κ1) is 16.6. The molecule has 0 atom stereocenters. The lowest BCUT2D eigenvalue weighted by atomic mass is 9.91. The molecule has 0 spiro atoms. The number of carbonyl (C=O) groups is 1. The number of rotatable bonds is 2. The van der Waals surface area contributed by atoms with Crippen LogP contribution in [0.1, 0.15) is 36.0 Å². The number of halogens is 3. The van der Waals surface area contributed by atoms with Gasteiger partial charge in [0, 0.05) is 17.1 Å². The molecule has 0 unspecified atom stereocenters. The maximum atomic E-state index is 12.1. The first-order valence-corrected chi connectivity index (χ1v) is 6.83. The van der Waals surface area contributed by atoms with Crippen molar-refractivity contribution >= 4 is 41.5 Å². The fourth-order valence-corrected chi connectivity index (χ4v) is 2.57. The molecular weight excluding hydrogens is 307 g/mol. The lowest BCUT2D eigenvalue weighted by Crippen LogP contribution is -2.40. The van der Waals surface area contributed by atoms with Crippen molar-refractivity contribution in [2.24, 2.45) is 5.73 Å². The zero-order chi connectivity index (χ0) is 13.1. The van der Waals surface area contributed by atoms with Gasteiger partial charge in [0.1, 0.15) is 0 Å². The predicted octanol–water partition coefficient (Wildman–Crippen LogP) is 3.41. The molecule has 19 heavy (non-hydrogen) atoms. The first-order chi connectivity index (χ1) is 8.56. The molecule has 6 heteroatoms. The molecule has 1 aromatic carbocycles. The Balaban J connectivity index is 0.00000180. The highest BCUT2D eigenvalue weighted by atomic mass is 35.5. The van der Waals surface area contributed by atoms with Crippen molar-refractivity contribution in [1.29, 1.82) is 0 Å². The summed E-state index contributed by atoms with van der Waals surface area (Å²) >= 11 is 11.9. The molecule has 0 aliphatic heterocycles. The van der Waals surface area contributed by atoms with E-state index in [0.29, 0.717) is 15.6 Å². The molecule has 1 fully saturated rings. The Morgan fingerprint density at radius 1 is 1.21 bits per heavy atom. The monoisotopic (exact) mass is 322 g/mol. The summed E-state index contributed by atoms with van der Waals surface area (Å²) in [6, 6.07) is 5.35. The van der Waals surface area contributed by atoms with Crippen LogP contribution in [-0.2, 0) is 0 Å². The summed E-state index contributed by atoms with van der Waals surface area (Å²) in [7, 11) is 0. The largest absolute Gasteiger partial charge is 0.349 e. The van der Waals surface area contributed by atoms with Crippen LogP contribution in [-0.4, -0.2) is 18.0 Å². The van der Waals surface area contributed by atoms with Crippen LogP contribution in [0.4, 0.5) is 0 Å². The number of amides is 1. The predicted molar refractivity (Wildman–Crippen MR) is 81.4 cm³/mol. The van der Waals surface area contributed by atoms with Crippen molar-refractivity contribution in [3.05, 3.63) is 33.8 Å². The number of carbonyl (C=O) groups excluding carboxylic acids is 1. The summed E-state index contributed by atoms with van der Waals surface area (Å²) in [6.07, 6.45) is 3.75. The minimum Gasteiger partial charge on any atom is -0.349 e. The van der Waals surface area contributed by atoms with Gasteiger partial charge in [-0.1, -0.05) is 23.2 Å². The van der Waals surface area contributed by atoms with E-state index in [0.717, 1.165) is 25.7 Å². The minimum atomic E-state index is -0.164. The highest BCUT2D eigenvalue weighted by molar-refractivity contribution is 6.35. The lowest BCUT2D eigenvalue weighted by molar-refractivity contribution is 0.0926. The second kappa shape index (κ2) is 7.34. The Bertz CT molecular complexity index is 446. The third kappa shape index (κ3) is 4.53. The van der Waals surface area contributed by atoms with Crippen molar-refractivity contribution in [3.8, 4) is 0 Å². The third-order valence-electron chi connectivity index (χ3n) is 3.28. The van der Waals surface area contributed by atoms with Gasteiger partial charge in [-0.25, -0.2) is 0 Å². The summed E-state index contributed by atoms with van der Waals surface area (Å²) in [5.41, 5.74) is 6.26. The smallest absolute Gasteiger partial charge is 0.253 e. The summed E-state index contributed by atoms with van der Waals surface area (Å²) in [6.45, 7) is 0. The molecule has 1 aliphatic rings. The number of nitrogens with one attached hydrogen (secondary N) is 1. The number of hydrogen-bond donors (Lipinski definition) is 2. The van der Waals surface area contributed by atoms with E-state index < -0.39 is 0 Å².